The monoisotopic (exact) mass is 232 g/mol. The highest BCUT2D eigenvalue weighted by molar-refractivity contribution is 5.35. The summed E-state index contributed by atoms with van der Waals surface area (Å²) >= 11 is 0. The van der Waals surface area contributed by atoms with E-state index in [1.807, 2.05) is 0 Å². The van der Waals surface area contributed by atoms with E-state index in [-0.39, 0.29) is 5.82 Å². The van der Waals surface area contributed by atoms with E-state index in [2.05, 4.69) is 0 Å². The summed E-state index contributed by atoms with van der Waals surface area (Å²) in [6.45, 7) is 0. The minimum Gasteiger partial charge on any atom is -0.497 e. The standard InChI is InChI=1S/C14H13FO2/c1-17-13-4-2-3-11(9-13)14(16)10-5-7-12(15)8-6-10/h2-9,14,16H,1H3/t14-/m1/s1. The van der Waals surface area contributed by atoms with Crippen LogP contribution in [0.15, 0.2) is 48.5 Å². The fraction of sp³-hybridized carbons (Fsp3) is 0.143. The van der Waals surface area contributed by atoms with Gasteiger partial charge in [0, 0.05) is 0 Å². The van der Waals surface area contributed by atoms with Gasteiger partial charge in [-0.15, -0.1) is 0 Å². The fourth-order valence-electron chi connectivity index (χ4n) is 1.65. The first-order chi connectivity index (χ1) is 8.20. The van der Waals surface area contributed by atoms with Gasteiger partial charge in [-0.1, -0.05) is 24.3 Å². The first-order valence-electron chi connectivity index (χ1n) is 5.28. The summed E-state index contributed by atoms with van der Waals surface area (Å²) in [6.07, 6.45) is -0.773. The van der Waals surface area contributed by atoms with E-state index < -0.39 is 6.10 Å². The molecule has 0 unspecified atom stereocenters. The summed E-state index contributed by atoms with van der Waals surface area (Å²) in [5.74, 6) is 0.371. The average Bonchev–Trinajstić information content (AvgIpc) is 2.39. The van der Waals surface area contributed by atoms with Crippen LogP contribution in [0.1, 0.15) is 17.2 Å². The van der Waals surface area contributed by atoms with Crippen molar-refractivity contribution in [2.45, 2.75) is 6.10 Å². The second-order valence-corrected chi connectivity index (χ2v) is 3.73. The summed E-state index contributed by atoms with van der Waals surface area (Å²) in [7, 11) is 1.57. The van der Waals surface area contributed by atoms with Gasteiger partial charge in [0.2, 0.25) is 0 Å². The van der Waals surface area contributed by atoms with Crippen LogP contribution in [0.4, 0.5) is 4.39 Å². The maximum Gasteiger partial charge on any atom is 0.123 e. The third-order valence-electron chi connectivity index (χ3n) is 2.60. The number of methoxy groups -OCH3 is 1. The minimum absolute atomic E-state index is 0.313. The van der Waals surface area contributed by atoms with Crippen LogP contribution in [-0.2, 0) is 0 Å². The molecule has 0 aliphatic rings. The zero-order chi connectivity index (χ0) is 12.3. The first-order valence-corrected chi connectivity index (χ1v) is 5.28. The molecule has 0 aliphatic heterocycles. The molecule has 0 saturated heterocycles. The van der Waals surface area contributed by atoms with Gasteiger partial charge in [-0.2, -0.15) is 0 Å². The Kier molecular flexibility index (Phi) is 3.40. The molecule has 1 atom stereocenters. The van der Waals surface area contributed by atoms with Crippen LogP contribution in [0, 0.1) is 5.82 Å². The van der Waals surface area contributed by atoms with E-state index >= 15 is 0 Å². The molecule has 0 saturated carbocycles. The lowest BCUT2D eigenvalue weighted by molar-refractivity contribution is 0.219. The molecule has 0 aliphatic carbocycles. The molecular weight excluding hydrogens is 219 g/mol. The van der Waals surface area contributed by atoms with E-state index in [9.17, 15) is 9.50 Å². The minimum atomic E-state index is -0.773. The highest BCUT2D eigenvalue weighted by Crippen LogP contribution is 2.24. The lowest BCUT2D eigenvalue weighted by atomic mass is 10.0. The smallest absolute Gasteiger partial charge is 0.123 e. The fourth-order valence-corrected chi connectivity index (χ4v) is 1.65. The summed E-state index contributed by atoms with van der Waals surface area (Å²) in [6, 6.07) is 13.0. The zero-order valence-electron chi connectivity index (χ0n) is 9.43. The Morgan fingerprint density at radius 3 is 2.41 bits per heavy atom. The molecular formula is C14H13FO2. The molecule has 3 heteroatoms. The number of halogens is 1. The molecule has 17 heavy (non-hydrogen) atoms. The van der Waals surface area contributed by atoms with Gasteiger partial charge in [-0.05, 0) is 35.4 Å². The third kappa shape index (κ3) is 2.63. The van der Waals surface area contributed by atoms with Crippen molar-refractivity contribution in [3.63, 3.8) is 0 Å². The number of hydrogen-bond acceptors (Lipinski definition) is 2. The van der Waals surface area contributed by atoms with Gasteiger partial charge in [-0.25, -0.2) is 4.39 Å². The van der Waals surface area contributed by atoms with Crippen LogP contribution in [0.25, 0.3) is 0 Å². The molecule has 0 radical (unpaired) electrons. The molecule has 2 rings (SSSR count). The second-order valence-electron chi connectivity index (χ2n) is 3.73. The molecule has 2 nitrogen and oxygen atoms in total. The van der Waals surface area contributed by atoms with Crippen LogP contribution in [0.5, 0.6) is 5.75 Å². The highest BCUT2D eigenvalue weighted by Gasteiger charge is 2.10. The van der Waals surface area contributed by atoms with Gasteiger partial charge in [-0.3, -0.25) is 0 Å². The van der Waals surface area contributed by atoms with Crippen LogP contribution in [-0.4, -0.2) is 12.2 Å². The number of aliphatic hydroxyl groups is 1. The largest absolute Gasteiger partial charge is 0.497 e. The quantitative estimate of drug-likeness (QED) is 0.881. The Bertz CT molecular complexity index is 494. The molecule has 1 N–H and O–H groups in total. The number of ether oxygens (including phenoxy) is 1. The maximum atomic E-state index is 12.8. The summed E-state index contributed by atoms with van der Waals surface area (Å²) in [5, 5.41) is 10.1. The van der Waals surface area contributed by atoms with Crippen molar-refractivity contribution in [3.8, 4) is 5.75 Å². The SMILES string of the molecule is COc1cccc([C@H](O)c2ccc(F)cc2)c1. The van der Waals surface area contributed by atoms with Gasteiger partial charge in [0.15, 0.2) is 0 Å². The van der Waals surface area contributed by atoms with Gasteiger partial charge < -0.3 is 9.84 Å². The zero-order valence-corrected chi connectivity index (χ0v) is 9.43. The molecule has 88 valence electrons. The summed E-state index contributed by atoms with van der Waals surface area (Å²) in [5.41, 5.74) is 1.37. The van der Waals surface area contributed by atoms with E-state index in [1.54, 1.807) is 43.5 Å². The average molecular weight is 232 g/mol. The van der Waals surface area contributed by atoms with Crippen molar-refractivity contribution in [1.29, 1.82) is 0 Å². The van der Waals surface area contributed by atoms with Crippen molar-refractivity contribution >= 4 is 0 Å². The number of benzene rings is 2. The molecule has 0 heterocycles. The molecule has 2 aromatic rings. The molecule has 0 bridgehead atoms. The van der Waals surface area contributed by atoms with Crippen LogP contribution >= 0.6 is 0 Å². The molecule has 0 amide bonds. The Hall–Kier alpha value is -1.87. The topological polar surface area (TPSA) is 29.5 Å². The number of aliphatic hydroxyl groups excluding tert-OH is 1. The maximum absolute atomic E-state index is 12.8. The van der Waals surface area contributed by atoms with Gasteiger partial charge in [0.1, 0.15) is 17.7 Å². The van der Waals surface area contributed by atoms with E-state index in [0.717, 1.165) is 5.56 Å². The van der Waals surface area contributed by atoms with Crippen molar-refractivity contribution in [1.82, 2.24) is 0 Å². The van der Waals surface area contributed by atoms with Crippen LogP contribution in [0.2, 0.25) is 0 Å². The van der Waals surface area contributed by atoms with Crippen molar-refractivity contribution in [3.05, 3.63) is 65.5 Å². The van der Waals surface area contributed by atoms with Gasteiger partial charge in [0.05, 0.1) is 7.11 Å². The van der Waals surface area contributed by atoms with Gasteiger partial charge in [0.25, 0.3) is 0 Å². The summed E-state index contributed by atoms with van der Waals surface area (Å²) in [4.78, 5) is 0. The van der Waals surface area contributed by atoms with Crippen molar-refractivity contribution in [2.24, 2.45) is 0 Å². The van der Waals surface area contributed by atoms with E-state index in [4.69, 9.17) is 4.74 Å². The van der Waals surface area contributed by atoms with Gasteiger partial charge >= 0.3 is 0 Å². The lowest BCUT2D eigenvalue weighted by Gasteiger charge is -2.12. The predicted molar refractivity (Wildman–Crippen MR) is 63.5 cm³/mol. The van der Waals surface area contributed by atoms with Crippen molar-refractivity contribution < 1.29 is 14.2 Å². The predicted octanol–water partition coefficient (Wildman–Crippen LogP) is 2.92. The third-order valence-corrected chi connectivity index (χ3v) is 2.60. The van der Waals surface area contributed by atoms with Crippen LogP contribution < -0.4 is 4.74 Å². The number of hydrogen-bond donors (Lipinski definition) is 1. The normalized spacial score (nSPS) is 12.2. The Morgan fingerprint density at radius 1 is 1.06 bits per heavy atom. The Balaban J connectivity index is 2.29. The van der Waals surface area contributed by atoms with E-state index in [1.165, 1.54) is 12.1 Å². The number of rotatable bonds is 3. The molecule has 0 spiro atoms. The molecule has 0 aromatic heterocycles. The first kappa shape index (κ1) is 11.6. The van der Waals surface area contributed by atoms with Crippen LogP contribution in [0.3, 0.4) is 0 Å². The summed E-state index contributed by atoms with van der Waals surface area (Å²) < 4.78 is 17.9. The molecule has 0 fully saturated rings. The Morgan fingerprint density at radius 2 is 1.76 bits per heavy atom. The highest BCUT2D eigenvalue weighted by atomic mass is 19.1. The molecule has 2 aromatic carbocycles. The van der Waals surface area contributed by atoms with Crippen molar-refractivity contribution in [2.75, 3.05) is 7.11 Å². The lowest BCUT2D eigenvalue weighted by Crippen LogP contribution is -1.99. The Labute approximate surface area is 99.3 Å². The second kappa shape index (κ2) is 4.97. The van der Waals surface area contributed by atoms with E-state index in [0.29, 0.717) is 11.3 Å².